The summed E-state index contributed by atoms with van der Waals surface area (Å²) in [6.07, 6.45) is 2.62. The third-order valence-corrected chi connectivity index (χ3v) is 6.72. The Labute approximate surface area is 168 Å². The number of fused-ring (bicyclic) bond motifs is 2. The molecule has 8 nitrogen and oxygen atoms in total. The monoisotopic (exact) mass is 396 g/mol. The molecule has 4 aliphatic rings. The SMILES string of the molecule is O=C1CCC(N2C(=O)c3cccc(CNC4C5CCNCCC54)c3C2=O)C(=O)N1. The van der Waals surface area contributed by atoms with Crippen molar-refractivity contribution in [2.45, 2.75) is 44.3 Å². The first-order valence-corrected chi connectivity index (χ1v) is 10.3. The van der Waals surface area contributed by atoms with Gasteiger partial charge in [-0.1, -0.05) is 12.1 Å². The van der Waals surface area contributed by atoms with Crippen molar-refractivity contribution in [1.29, 1.82) is 0 Å². The smallest absolute Gasteiger partial charge is 0.262 e. The highest BCUT2D eigenvalue weighted by Gasteiger charge is 2.50. The third kappa shape index (κ3) is 3.07. The Hall–Kier alpha value is -2.58. The van der Waals surface area contributed by atoms with Gasteiger partial charge in [0.1, 0.15) is 6.04 Å². The van der Waals surface area contributed by atoms with E-state index in [9.17, 15) is 19.2 Å². The topological polar surface area (TPSA) is 108 Å². The van der Waals surface area contributed by atoms with Crippen LogP contribution in [0.15, 0.2) is 18.2 Å². The zero-order valence-electron chi connectivity index (χ0n) is 16.1. The third-order valence-electron chi connectivity index (χ3n) is 6.72. The van der Waals surface area contributed by atoms with Gasteiger partial charge in [0.2, 0.25) is 11.8 Å². The van der Waals surface area contributed by atoms with E-state index in [0.717, 1.165) is 36.4 Å². The van der Waals surface area contributed by atoms with Gasteiger partial charge in [0.15, 0.2) is 0 Å². The van der Waals surface area contributed by atoms with Crippen LogP contribution in [0.5, 0.6) is 0 Å². The molecule has 3 atom stereocenters. The highest BCUT2D eigenvalue weighted by atomic mass is 16.2. The summed E-state index contributed by atoms with van der Waals surface area (Å²) in [5, 5.41) is 9.23. The Balaban J connectivity index is 1.34. The zero-order chi connectivity index (χ0) is 20.1. The van der Waals surface area contributed by atoms with Crippen molar-refractivity contribution >= 4 is 23.6 Å². The maximum Gasteiger partial charge on any atom is 0.262 e. The average Bonchev–Trinajstić information content (AvgIpc) is 3.36. The maximum atomic E-state index is 13.1. The number of nitrogens with one attached hydrogen (secondary N) is 3. The van der Waals surface area contributed by atoms with Crippen LogP contribution in [0.4, 0.5) is 0 Å². The van der Waals surface area contributed by atoms with Crippen molar-refractivity contribution in [3.63, 3.8) is 0 Å². The average molecular weight is 396 g/mol. The van der Waals surface area contributed by atoms with Gasteiger partial charge in [-0.05, 0) is 55.8 Å². The molecule has 0 aromatic heterocycles. The van der Waals surface area contributed by atoms with E-state index in [-0.39, 0.29) is 18.7 Å². The molecule has 3 heterocycles. The van der Waals surface area contributed by atoms with E-state index < -0.39 is 23.8 Å². The number of rotatable bonds is 4. The molecule has 2 saturated heterocycles. The molecule has 152 valence electrons. The van der Waals surface area contributed by atoms with E-state index in [1.54, 1.807) is 12.1 Å². The first-order valence-electron chi connectivity index (χ1n) is 10.3. The Kier molecular flexibility index (Phi) is 4.48. The number of piperidine rings is 1. The molecule has 1 aromatic carbocycles. The van der Waals surface area contributed by atoms with Gasteiger partial charge in [0, 0.05) is 19.0 Å². The van der Waals surface area contributed by atoms with Gasteiger partial charge in [0.25, 0.3) is 11.8 Å². The number of carbonyl (C=O) groups excluding carboxylic acids is 4. The van der Waals surface area contributed by atoms with Crippen molar-refractivity contribution in [2.75, 3.05) is 13.1 Å². The van der Waals surface area contributed by atoms with Crippen molar-refractivity contribution < 1.29 is 19.2 Å². The van der Waals surface area contributed by atoms with Crippen LogP contribution in [0.25, 0.3) is 0 Å². The minimum Gasteiger partial charge on any atom is -0.317 e. The molecule has 3 fully saturated rings. The van der Waals surface area contributed by atoms with Crippen LogP contribution in [0.2, 0.25) is 0 Å². The summed E-state index contributed by atoms with van der Waals surface area (Å²) in [5.41, 5.74) is 1.51. The number of carbonyl (C=O) groups is 4. The molecule has 8 heteroatoms. The second-order valence-corrected chi connectivity index (χ2v) is 8.35. The summed E-state index contributed by atoms with van der Waals surface area (Å²) >= 11 is 0. The summed E-state index contributed by atoms with van der Waals surface area (Å²) in [6.45, 7) is 2.62. The van der Waals surface area contributed by atoms with Gasteiger partial charge in [-0.25, -0.2) is 0 Å². The largest absolute Gasteiger partial charge is 0.317 e. The van der Waals surface area contributed by atoms with Crippen LogP contribution < -0.4 is 16.0 Å². The molecule has 5 rings (SSSR count). The predicted octanol–water partition coefficient (Wildman–Crippen LogP) is 0.175. The van der Waals surface area contributed by atoms with Crippen molar-refractivity contribution in [3.05, 3.63) is 34.9 Å². The Bertz CT molecular complexity index is 902. The normalized spacial score (nSPS) is 31.2. The number of hydrogen-bond acceptors (Lipinski definition) is 6. The highest BCUT2D eigenvalue weighted by Crippen LogP contribution is 2.45. The molecule has 0 spiro atoms. The summed E-state index contributed by atoms with van der Waals surface area (Å²) in [4.78, 5) is 50.7. The molecule has 3 unspecified atom stereocenters. The van der Waals surface area contributed by atoms with Crippen molar-refractivity contribution in [3.8, 4) is 0 Å². The molecule has 0 radical (unpaired) electrons. The van der Waals surface area contributed by atoms with E-state index in [0.29, 0.717) is 35.5 Å². The Morgan fingerprint density at radius 1 is 1.00 bits per heavy atom. The number of hydrogen-bond donors (Lipinski definition) is 3. The lowest BCUT2D eigenvalue weighted by molar-refractivity contribution is -0.136. The van der Waals surface area contributed by atoms with E-state index in [2.05, 4.69) is 16.0 Å². The van der Waals surface area contributed by atoms with Gasteiger partial charge in [-0.15, -0.1) is 0 Å². The summed E-state index contributed by atoms with van der Waals surface area (Å²) < 4.78 is 0. The summed E-state index contributed by atoms with van der Waals surface area (Å²) in [7, 11) is 0. The first kappa shape index (κ1) is 18.4. The fourth-order valence-corrected chi connectivity index (χ4v) is 5.16. The van der Waals surface area contributed by atoms with E-state index in [1.165, 1.54) is 0 Å². The number of imide groups is 2. The van der Waals surface area contributed by atoms with Crippen LogP contribution in [0.1, 0.15) is 52.0 Å². The lowest BCUT2D eigenvalue weighted by atomic mass is 10.0. The molecule has 0 bridgehead atoms. The first-order chi connectivity index (χ1) is 14.1. The van der Waals surface area contributed by atoms with Gasteiger partial charge < -0.3 is 10.6 Å². The lowest BCUT2D eigenvalue weighted by Gasteiger charge is -2.27. The summed E-state index contributed by atoms with van der Waals surface area (Å²) in [5.74, 6) is -0.486. The van der Waals surface area contributed by atoms with E-state index in [4.69, 9.17) is 0 Å². The van der Waals surface area contributed by atoms with Crippen LogP contribution in [-0.4, -0.2) is 53.7 Å². The minimum atomic E-state index is -0.927. The molecule has 3 N–H and O–H groups in total. The minimum absolute atomic E-state index is 0.123. The standard InChI is InChI=1S/C21H24N4O4/c26-16-5-4-15(19(27)24-16)25-20(28)14-3-1-2-11(17(14)21(25)29)10-23-18-12-6-8-22-9-7-13(12)18/h1-3,12-13,15,18,22-23H,4-10H2,(H,24,26,27). The Morgan fingerprint density at radius 3 is 2.48 bits per heavy atom. The predicted molar refractivity (Wildman–Crippen MR) is 103 cm³/mol. The van der Waals surface area contributed by atoms with Crippen LogP contribution in [-0.2, 0) is 16.1 Å². The number of amides is 4. The lowest BCUT2D eigenvalue weighted by Crippen LogP contribution is -2.54. The molecular weight excluding hydrogens is 372 g/mol. The molecule has 1 aliphatic carbocycles. The maximum absolute atomic E-state index is 13.1. The highest BCUT2D eigenvalue weighted by molar-refractivity contribution is 6.24. The molecule has 1 aromatic rings. The van der Waals surface area contributed by atoms with Crippen molar-refractivity contribution in [1.82, 2.24) is 20.9 Å². The zero-order valence-corrected chi connectivity index (χ0v) is 16.1. The Morgan fingerprint density at radius 2 is 1.76 bits per heavy atom. The van der Waals surface area contributed by atoms with Crippen LogP contribution >= 0.6 is 0 Å². The number of benzene rings is 1. The quantitative estimate of drug-likeness (QED) is 0.627. The number of nitrogens with zero attached hydrogens (tertiary/aromatic N) is 1. The van der Waals surface area contributed by atoms with Gasteiger partial charge in [-0.2, -0.15) is 0 Å². The van der Waals surface area contributed by atoms with Crippen LogP contribution in [0.3, 0.4) is 0 Å². The molecule has 4 amide bonds. The van der Waals surface area contributed by atoms with Crippen molar-refractivity contribution in [2.24, 2.45) is 11.8 Å². The summed E-state index contributed by atoms with van der Waals surface area (Å²) in [6, 6.07) is 4.82. The van der Waals surface area contributed by atoms with Gasteiger partial charge in [-0.3, -0.25) is 29.4 Å². The second kappa shape index (κ2) is 7.03. The van der Waals surface area contributed by atoms with Gasteiger partial charge >= 0.3 is 0 Å². The molecule has 29 heavy (non-hydrogen) atoms. The van der Waals surface area contributed by atoms with E-state index in [1.807, 2.05) is 6.07 Å². The second-order valence-electron chi connectivity index (χ2n) is 8.35. The van der Waals surface area contributed by atoms with Crippen LogP contribution in [0, 0.1) is 11.8 Å². The molecular formula is C21H24N4O4. The molecule has 3 aliphatic heterocycles. The van der Waals surface area contributed by atoms with Gasteiger partial charge in [0.05, 0.1) is 11.1 Å². The fraction of sp³-hybridized carbons (Fsp3) is 0.524. The molecule has 1 saturated carbocycles. The van der Waals surface area contributed by atoms with E-state index >= 15 is 0 Å². The fourth-order valence-electron chi connectivity index (χ4n) is 5.16.